The molecule has 2 fully saturated rings. The summed E-state index contributed by atoms with van der Waals surface area (Å²) in [5, 5.41) is 0. The van der Waals surface area contributed by atoms with Gasteiger partial charge >= 0.3 is 0 Å². The van der Waals surface area contributed by atoms with E-state index in [2.05, 4.69) is 16.5 Å². The Morgan fingerprint density at radius 2 is 2.04 bits per heavy atom. The molecule has 0 bridgehead atoms. The standard InChI is InChI=1S/C20H29N3O3/c1-2-3-6-18(16-22-9-4-5-10-22)26-19-8-7-17(15-21-19)20(24)23-11-13-25-14-12-23/h2,7-8,15,18H,1,3-6,9-14,16H2/t18-/m0/s1. The number of hydrogen-bond donors (Lipinski definition) is 0. The van der Waals surface area contributed by atoms with Crippen LogP contribution in [0.3, 0.4) is 0 Å². The number of amides is 1. The third kappa shape index (κ3) is 5.29. The molecule has 6 heteroatoms. The van der Waals surface area contributed by atoms with Crippen LogP contribution in [0.25, 0.3) is 0 Å². The first-order chi connectivity index (χ1) is 12.8. The van der Waals surface area contributed by atoms with Crippen LogP contribution in [0, 0.1) is 0 Å². The number of carbonyl (C=O) groups excluding carboxylic acids is 1. The van der Waals surface area contributed by atoms with Gasteiger partial charge in [0, 0.05) is 31.9 Å². The number of nitrogens with zero attached hydrogens (tertiary/aromatic N) is 3. The van der Waals surface area contributed by atoms with Crippen molar-refractivity contribution >= 4 is 5.91 Å². The predicted molar refractivity (Wildman–Crippen MR) is 100 cm³/mol. The predicted octanol–water partition coefficient (Wildman–Crippen LogP) is 2.36. The second-order valence-electron chi connectivity index (χ2n) is 6.90. The van der Waals surface area contributed by atoms with Gasteiger partial charge in [-0.15, -0.1) is 6.58 Å². The number of aromatic nitrogens is 1. The molecule has 2 saturated heterocycles. The Hall–Kier alpha value is -1.92. The molecule has 1 aromatic heterocycles. The van der Waals surface area contributed by atoms with Crippen molar-refractivity contribution in [1.29, 1.82) is 0 Å². The molecular formula is C20H29N3O3. The van der Waals surface area contributed by atoms with Crippen LogP contribution in [-0.4, -0.2) is 72.7 Å². The molecule has 0 radical (unpaired) electrons. The summed E-state index contributed by atoms with van der Waals surface area (Å²) in [5.74, 6) is 0.587. The monoisotopic (exact) mass is 359 g/mol. The van der Waals surface area contributed by atoms with E-state index in [9.17, 15) is 4.79 Å². The smallest absolute Gasteiger partial charge is 0.255 e. The van der Waals surface area contributed by atoms with Crippen LogP contribution >= 0.6 is 0 Å². The van der Waals surface area contributed by atoms with Crippen LogP contribution in [0.2, 0.25) is 0 Å². The number of rotatable bonds is 8. The molecule has 2 aliphatic heterocycles. The topological polar surface area (TPSA) is 54.9 Å². The molecule has 1 aromatic rings. The van der Waals surface area contributed by atoms with E-state index in [1.807, 2.05) is 6.08 Å². The molecule has 0 aliphatic carbocycles. The minimum Gasteiger partial charge on any atom is -0.473 e. The summed E-state index contributed by atoms with van der Waals surface area (Å²) in [6.45, 7) is 9.50. The van der Waals surface area contributed by atoms with E-state index in [1.165, 1.54) is 12.8 Å². The quantitative estimate of drug-likeness (QED) is 0.667. The van der Waals surface area contributed by atoms with Gasteiger partial charge < -0.3 is 14.4 Å². The first-order valence-electron chi connectivity index (χ1n) is 9.59. The van der Waals surface area contributed by atoms with Crippen LogP contribution in [0.5, 0.6) is 5.88 Å². The molecule has 0 spiro atoms. The summed E-state index contributed by atoms with van der Waals surface area (Å²) >= 11 is 0. The van der Waals surface area contributed by atoms with Crippen LogP contribution < -0.4 is 4.74 Å². The van der Waals surface area contributed by atoms with Gasteiger partial charge in [0.2, 0.25) is 5.88 Å². The molecule has 0 N–H and O–H groups in total. The van der Waals surface area contributed by atoms with Crippen molar-refractivity contribution in [3.8, 4) is 5.88 Å². The normalized spacial score (nSPS) is 19.3. The minimum absolute atomic E-state index is 0.00706. The first-order valence-corrected chi connectivity index (χ1v) is 9.59. The first kappa shape index (κ1) is 18.9. The molecule has 26 heavy (non-hydrogen) atoms. The second-order valence-corrected chi connectivity index (χ2v) is 6.90. The van der Waals surface area contributed by atoms with Gasteiger partial charge in [0.15, 0.2) is 0 Å². The van der Waals surface area contributed by atoms with Gasteiger partial charge in [0.1, 0.15) is 6.10 Å². The molecule has 3 rings (SSSR count). The minimum atomic E-state index is 0.00706. The number of allylic oxidation sites excluding steroid dienone is 1. The highest BCUT2D eigenvalue weighted by molar-refractivity contribution is 5.94. The largest absolute Gasteiger partial charge is 0.473 e. The van der Waals surface area contributed by atoms with E-state index in [1.54, 1.807) is 23.2 Å². The average Bonchev–Trinajstić information content (AvgIpc) is 3.20. The molecule has 142 valence electrons. The van der Waals surface area contributed by atoms with Crippen molar-refractivity contribution in [2.24, 2.45) is 0 Å². The number of likely N-dealkylation sites (tertiary alicyclic amines) is 1. The Bertz CT molecular complexity index is 578. The van der Waals surface area contributed by atoms with Gasteiger partial charge in [-0.2, -0.15) is 0 Å². The Kier molecular flexibility index (Phi) is 7.03. The Balaban J connectivity index is 1.58. The molecule has 3 heterocycles. The summed E-state index contributed by atoms with van der Waals surface area (Å²) in [7, 11) is 0. The van der Waals surface area contributed by atoms with Gasteiger partial charge in [-0.05, 0) is 44.8 Å². The molecule has 0 unspecified atom stereocenters. The van der Waals surface area contributed by atoms with Gasteiger partial charge in [0.05, 0.1) is 18.8 Å². The molecule has 6 nitrogen and oxygen atoms in total. The fourth-order valence-corrected chi connectivity index (χ4v) is 3.44. The zero-order chi connectivity index (χ0) is 18.2. The Morgan fingerprint density at radius 1 is 1.27 bits per heavy atom. The van der Waals surface area contributed by atoms with Crippen molar-refractivity contribution in [2.75, 3.05) is 45.9 Å². The lowest BCUT2D eigenvalue weighted by Crippen LogP contribution is -2.40. The highest BCUT2D eigenvalue weighted by Gasteiger charge is 2.21. The maximum Gasteiger partial charge on any atom is 0.255 e. The number of carbonyl (C=O) groups is 1. The molecule has 0 aromatic carbocycles. The van der Waals surface area contributed by atoms with Crippen LogP contribution in [0.15, 0.2) is 31.0 Å². The number of pyridine rings is 1. The summed E-state index contributed by atoms with van der Waals surface area (Å²) in [6, 6.07) is 3.61. The molecular weight excluding hydrogens is 330 g/mol. The lowest BCUT2D eigenvalue weighted by molar-refractivity contribution is 0.0302. The Labute approximate surface area is 155 Å². The number of morpholine rings is 1. The second kappa shape index (κ2) is 9.69. The summed E-state index contributed by atoms with van der Waals surface area (Å²) < 4.78 is 11.4. The highest BCUT2D eigenvalue weighted by Crippen LogP contribution is 2.17. The summed E-state index contributed by atoms with van der Waals surface area (Å²) in [6.07, 6.45) is 8.03. The Morgan fingerprint density at radius 3 is 2.69 bits per heavy atom. The van der Waals surface area contributed by atoms with Crippen LogP contribution in [0.1, 0.15) is 36.0 Å². The fourth-order valence-electron chi connectivity index (χ4n) is 3.44. The lowest BCUT2D eigenvalue weighted by Gasteiger charge is -2.27. The van der Waals surface area contributed by atoms with E-state index in [-0.39, 0.29) is 12.0 Å². The number of hydrogen-bond acceptors (Lipinski definition) is 5. The van der Waals surface area contributed by atoms with Crippen molar-refractivity contribution in [3.63, 3.8) is 0 Å². The molecule has 2 aliphatic rings. The summed E-state index contributed by atoms with van der Waals surface area (Å²) in [4.78, 5) is 21.1. The van der Waals surface area contributed by atoms with Crippen molar-refractivity contribution in [3.05, 3.63) is 36.5 Å². The third-order valence-corrected chi connectivity index (χ3v) is 4.92. The van der Waals surface area contributed by atoms with Crippen molar-refractivity contribution < 1.29 is 14.3 Å². The lowest BCUT2D eigenvalue weighted by atomic mass is 10.2. The van der Waals surface area contributed by atoms with Crippen LogP contribution in [0.4, 0.5) is 0 Å². The van der Waals surface area contributed by atoms with Gasteiger partial charge in [-0.25, -0.2) is 4.98 Å². The number of ether oxygens (including phenoxy) is 2. The van der Waals surface area contributed by atoms with E-state index >= 15 is 0 Å². The van der Waals surface area contributed by atoms with E-state index in [0.717, 1.165) is 32.5 Å². The van der Waals surface area contributed by atoms with E-state index < -0.39 is 0 Å². The average molecular weight is 359 g/mol. The zero-order valence-electron chi connectivity index (χ0n) is 15.4. The zero-order valence-corrected chi connectivity index (χ0v) is 15.4. The van der Waals surface area contributed by atoms with Gasteiger partial charge in [0.25, 0.3) is 5.91 Å². The molecule has 1 amide bonds. The SMILES string of the molecule is C=CCC[C@@H](CN1CCCC1)Oc1ccc(C(=O)N2CCOCC2)cn1. The van der Waals surface area contributed by atoms with Crippen LogP contribution in [-0.2, 0) is 4.74 Å². The van der Waals surface area contributed by atoms with Crippen molar-refractivity contribution in [2.45, 2.75) is 31.8 Å². The summed E-state index contributed by atoms with van der Waals surface area (Å²) in [5.41, 5.74) is 0.599. The van der Waals surface area contributed by atoms with Crippen molar-refractivity contribution in [1.82, 2.24) is 14.8 Å². The van der Waals surface area contributed by atoms with E-state index in [0.29, 0.717) is 37.7 Å². The van der Waals surface area contributed by atoms with Gasteiger partial charge in [-0.1, -0.05) is 6.08 Å². The maximum absolute atomic E-state index is 12.5. The van der Waals surface area contributed by atoms with E-state index in [4.69, 9.17) is 9.47 Å². The third-order valence-electron chi connectivity index (χ3n) is 4.92. The maximum atomic E-state index is 12.5. The van der Waals surface area contributed by atoms with Gasteiger partial charge in [-0.3, -0.25) is 9.69 Å². The highest BCUT2D eigenvalue weighted by atomic mass is 16.5. The molecule has 0 saturated carbocycles. The fraction of sp³-hybridized carbons (Fsp3) is 0.600. The molecule has 1 atom stereocenters.